The van der Waals surface area contributed by atoms with Gasteiger partial charge in [0.25, 0.3) is 0 Å². The molecule has 0 bridgehead atoms. The molecule has 28 heavy (non-hydrogen) atoms. The van der Waals surface area contributed by atoms with E-state index in [1.165, 1.54) is 0 Å². The number of aromatic nitrogens is 4. The average Bonchev–Trinajstić information content (AvgIpc) is 3.29. The maximum atomic E-state index is 12.6. The summed E-state index contributed by atoms with van der Waals surface area (Å²) in [5, 5.41) is 11.9. The molecule has 0 aliphatic carbocycles. The molecule has 0 radical (unpaired) electrons. The van der Waals surface area contributed by atoms with E-state index in [9.17, 15) is 4.79 Å². The molecule has 1 N–H and O–H groups in total. The van der Waals surface area contributed by atoms with Crippen molar-refractivity contribution < 1.29 is 4.79 Å². The Balaban J connectivity index is 1.49. The van der Waals surface area contributed by atoms with Gasteiger partial charge in [0.1, 0.15) is 0 Å². The molecular weight excluding hydrogens is 350 g/mol. The number of anilines is 1. The smallest absolute Gasteiger partial charge is 0.229 e. The van der Waals surface area contributed by atoms with E-state index in [1.807, 2.05) is 85.4 Å². The zero-order valence-electron chi connectivity index (χ0n) is 15.8. The van der Waals surface area contributed by atoms with Crippen LogP contribution in [0.2, 0.25) is 0 Å². The normalized spacial score (nSPS) is 10.8. The lowest BCUT2D eigenvalue weighted by Crippen LogP contribution is -2.15. The lowest BCUT2D eigenvalue weighted by molar-refractivity contribution is -0.115. The fourth-order valence-electron chi connectivity index (χ4n) is 3.19. The van der Waals surface area contributed by atoms with Gasteiger partial charge in [-0.25, -0.2) is 9.36 Å². The molecule has 0 saturated carbocycles. The number of aryl methyl sites for hydroxylation is 1. The minimum Gasteiger partial charge on any atom is -0.323 e. The lowest BCUT2D eigenvalue weighted by Gasteiger charge is -2.06. The van der Waals surface area contributed by atoms with Crippen LogP contribution in [-0.4, -0.2) is 25.5 Å². The zero-order valence-corrected chi connectivity index (χ0v) is 15.8. The van der Waals surface area contributed by atoms with Crippen molar-refractivity contribution in [3.8, 4) is 11.4 Å². The number of nitrogens with one attached hydrogen (secondary N) is 1. The minimum absolute atomic E-state index is 0.0913. The fourth-order valence-corrected chi connectivity index (χ4v) is 3.19. The van der Waals surface area contributed by atoms with Crippen LogP contribution in [0.15, 0.2) is 73.1 Å². The Hall–Kier alpha value is -3.67. The summed E-state index contributed by atoms with van der Waals surface area (Å²) in [6.45, 7) is 3.85. The first-order chi connectivity index (χ1) is 13.6. The Morgan fingerprint density at radius 3 is 2.29 bits per heavy atom. The monoisotopic (exact) mass is 371 g/mol. The van der Waals surface area contributed by atoms with Gasteiger partial charge in [-0.05, 0) is 43.7 Å². The van der Waals surface area contributed by atoms with Crippen molar-refractivity contribution in [2.24, 2.45) is 0 Å². The van der Waals surface area contributed by atoms with Crippen LogP contribution in [0.3, 0.4) is 0 Å². The molecule has 0 spiro atoms. The molecule has 6 nitrogen and oxygen atoms in total. The van der Waals surface area contributed by atoms with Crippen molar-refractivity contribution in [3.63, 3.8) is 0 Å². The number of nitrogens with zero attached hydrogens (tertiary/aromatic N) is 4. The fraction of sp³-hybridized carbons (Fsp3) is 0.136. The Labute approximate surface area is 163 Å². The molecule has 2 heterocycles. The summed E-state index contributed by atoms with van der Waals surface area (Å²) in [5.74, 6) is -0.0913. The third kappa shape index (κ3) is 3.57. The molecule has 4 rings (SSSR count). The van der Waals surface area contributed by atoms with Gasteiger partial charge in [-0.15, -0.1) is 0 Å². The Bertz CT molecular complexity index is 1100. The Morgan fingerprint density at radius 1 is 0.964 bits per heavy atom. The molecule has 0 saturated heterocycles. The van der Waals surface area contributed by atoms with Crippen molar-refractivity contribution in [1.29, 1.82) is 0 Å². The van der Waals surface area contributed by atoms with Crippen LogP contribution >= 0.6 is 0 Å². The topological polar surface area (TPSA) is 64.7 Å². The van der Waals surface area contributed by atoms with Crippen LogP contribution < -0.4 is 5.32 Å². The largest absolute Gasteiger partial charge is 0.323 e. The van der Waals surface area contributed by atoms with E-state index < -0.39 is 0 Å². The highest BCUT2D eigenvalue weighted by Gasteiger charge is 2.16. The molecule has 2 aromatic heterocycles. The number of hydrogen-bond donors (Lipinski definition) is 1. The first kappa shape index (κ1) is 17.7. The molecule has 0 unspecified atom stereocenters. The molecule has 6 heteroatoms. The van der Waals surface area contributed by atoms with Crippen LogP contribution in [0.1, 0.15) is 17.0 Å². The van der Waals surface area contributed by atoms with Crippen molar-refractivity contribution in [2.75, 3.05) is 5.32 Å². The second kappa shape index (κ2) is 7.52. The molecular formula is C22H21N5O. The second-order valence-corrected chi connectivity index (χ2v) is 6.65. The second-order valence-electron chi connectivity index (χ2n) is 6.65. The summed E-state index contributed by atoms with van der Waals surface area (Å²) < 4.78 is 3.62. The van der Waals surface area contributed by atoms with Crippen LogP contribution in [0.4, 0.5) is 5.69 Å². The highest BCUT2D eigenvalue weighted by atomic mass is 16.1. The van der Waals surface area contributed by atoms with E-state index in [0.29, 0.717) is 0 Å². The van der Waals surface area contributed by atoms with E-state index in [2.05, 4.69) is 15.5 Å². The van der Waals surface area contributed by atoms with E-state index in [4.69, 9.17) is 0 Å². The van der Waals surface area contributed by atoms with Gasteiger partial charge in [-0.1, -0.05) is 36.4 Å². The van der Waals surface area contributed by atoms with Gasteiger partial charge in [-0.3, -0.25) is 4.79 Å². The summed E-state index contributed by atoms with van der Waals surface area (Å²) in [5.41, 5.74) is 5.22. The first-order valence-electron chi connectivity index (χ1n) is 9.12. The van der Waals surface area contributed by atoms with E-state index in [1.54, 1.807) is 10.9 Å². The Kier molecular flexibility index (Phi) is 4.76. The quantitative estimate of drug-likeness (QED) is 0.579. The van der Waals surface area contributed by atoms with E-state index >= 15 is 0 Å². The summed E-state index contributed by atoms with van der Waals surface area (Å²) in [6.07, 6.45) is 3.85. The number of rotatable bonds is 5. The van der Waals surface area contributed by atoms with Gasteiger partial charge < -0.3 is 5.32 Å². The first-order valence-corrected chi connectivity index (χ1v) is 9.12. The highest BCUT2D eigenvalue weighted by molar-refractivity contribution is 5.93. The Morgan fingerprint density at radius 2 is 1.61 bits per heavy atom. The van der Waals surface area contributed by atoms with Crippen LogP contribution in [0.5, 0.6) is 0 Å². The lowest BCUT2D eigenvalue weighted by atomic mass is 10.2. The number of carbonyl (C=O) groups excluding carboxylic acids is 1. The van der Waals surface area contributed by atoms with Crippen molar-refractivity contribution in [3.05, 3.63) is 90.0 Å². The van der Waals surface area contributed by atoms with Gasteiger partial charge in [0.05, 0.1) is 41.1 Å². The van der Waals surface area contributed by atoms with Crippen LogP contribution in [0.25, 0.3) is 11.4 Å². The molecule has 0 aliphatic heterocycles. The van der Waals surface area contributed by atoms with Crippen molar-refractivity contribution >= 4 is 11.6 Å². The van der Waals surface area contributed by atoms with Gasteiger partial charge in [0.2, 0.25) is 5.91 Å². The predicted octanol–water partition coefficient (Wildman–Crippen LogP) is 3.86. The maximum Gasteiger partial charge on any atom is 0.229 e. The van der Waals surface area contributed by atoms with Crippen molar-refractivity contribution in [2.45, 2.75) is 20.3 Å². The van der Waals surface area contributed by atoms with Gasteiger partial charge in [-0.2, -0.15) is 10.2 Å². The summed E-state index contributed by atoms with van der Waals surface area (Å²) in [4.78, 5) is 12.6. The average molecular weight is 371 g/mol. The van der Waals surface area contributed by atoms with Crippen LogP contribution in [0, 0.1) is 13.8 Å². The number of benzene rings is 2. The minimum atomic E-state index is -0.0913. The van der Waals surface area contributed by atoms with Crippen LogP contribution in [-0.2, 0) is 11.2 Å². The third-order valence-electron chi connectivity index (χ3n) is 4.58. The van der Waals surface area contributed by atoms with Crippen molar-refractivity contribution in [1.82, 2.24) is 19.6 Å². The predicted molar refractivity (Wildman–Crippen MR) is 109 cm³/mol. The number of carbonyl (C=O) groups is 1. The van der Waals surface area contributed by atoms with Gasteiger partial charge in [0, 0.05) is 6.20 Å². The summed E-state index contributed by atoms with van der Waals surface area (Å²) >= 11 is 0. The highest BCUT2D eigenvalue weighted by Crippen LogP contribution is 2.23. The molecule has 4 aromatic rings. The number of hydrogen-bond acceptors (Lipinski definition) is 3. The number of amides is 1. The molecule has 1 amide bonds. The van der Waals surface area contributed by atoms with E-state index in [0.717, 1.165) is 34.0 Å². The molecule has 140 valence electrons. The molecule has 2 aromatic carbocycles. The van der Waals surface area contributed by atoms with E-state index in [-0.39, 0.29) is 12.3 Å². The SMILES string of the molecule is Cc1nn(-c2ccccc2)c(C)c1NC(=O)Cc1cnn(-c2ccccc2)c1. The molecule has 0 atom stereocenters. The zero-order chi connectivity index (χ0) is 19.5. The number of para-hydroxylation sites is 2. The molecule has 0 aliphatic rings. The molecule has 0 fully saturated rings. The maximum absolute atomic E-state index is 12.6. The summed E-state index contributed by atoms with van der Waals surface area (Å²) in [6, 6.07) is 19.7. The summed E-state index contributed by atoms with van der Waals surface area (Å²) in [7, 11) is 0. The van der Waals surface area contributed by atoms with Gasteiger partial charge in [0.15, 0.2) is 0 Å². The third-order valence-corrected chi connectivity index (χ3v) is 4.58. The van der Waals surface area contributed by atoms with Gasteiger partial charge >= 0.3 is 0 Å². The standard InChI is InChI=1S/C22H21N5O/c1-16-22(17(2)27(25-16)20-11-7-4-8-12-20)24-21(28)13-18-14-23-26(15-18)19-9-5-3-6-10-19/h3-12,14-15H,13H2,1-2H3,(H,24,28).